The SMILES string of the molecule is CN(C1CCCCNC1=O)C1CCCC1CN. The predicted octanol–water partition coefficient (Wildman–Crippen LogP) is 0.714. The number of hydrogen-bond acceptors (Lipinski definition) is 3. The molecule has 1 aliphatic carbocycles. The summed E-state index contributed by atoms with van der Waals surface area (Å²) in [6.07, 6.45) is 6.93. The Morgan fingerprint density at radius 3 is 2.88 bits per heavy atom. The molecule has 17 heavy (non-hydrogen) atoms. The van der Waals surface area contributed by atoms with Gasteiger partial charge in [-0.3, -0.25) is 9.69 Å². The van der Waals surface area contributed by atoms with Gasteiger partial charge >= 0.3 is 0 Å². The molecular formula is C13H25N3O. The van der Waals surface area contributed by atoms with Gasteiger partial charge in [0.25, 0.3) is 0 Å². The molecule has 1 amide bonds. The van der Waals surface area contributed by atoms with Crippen molar-refractivity contribution in [1.29, 1.82) is 0 Å². The van der Waals surface area contributed by atoms with Crippen molar-refractivity contribution in [1.82, 2.24) is 10.2 Å². The zero-order chi connectivity index (χ0) is 12.3. The Morgan fingerprint density at radius 1 is 1.29 bits per heavy atom. The summed E-state index contributed by atoms with van der Waals surface area (Å²) in [5.41, 5.74) is 5.83. The molecule has 4 nitrogen and oxygen atoms in total. The lowest BCUT2D eigenvalue weighted by Gasteiger charge is -2.34. The molecule has 0 aromatic rings. The van der Waals surface area contributed by atoms with Crippen LogP contribution in [-0.2, 0) is 4.79 Å². The zero-order valence-electron chi connectivity index (χ0n) is 10.8. The van der Waals surface area contributed by atoms with Crippen LogP contribution in [0.5, 0.6) is 0 Å². The number of nitrogens with two attached hydrogens (primary N) is 1. The van der Waals surface area contributed by atoms with Gasteiger partial charge < -0.3 is 11.1 Å². The number of hydrogen-bond donors (Lipinski definition) is 2. The van der Waals surface area contributed by atoms with Crippen LogP contribution in [-0.4, -0.2) is 43.0 Å². The van der Waals surface area contributed by atoms with E-state index in [0.29, 0.717) is 12.0 Å². The number of nitrogens with one attached hydrogen (secondary N) is 1. The van der Waals surface area contributed by atoms with Gasteiger partial charge in [-0.15, -0.1) is 0 Å². The van der Waals surface area contributed by atoms with Crippen LogP contribution in [0, 0.1) is 5.92 Å². The second-order valence-corrected chi connectivity index (χ2v) is 5.46. The van der Waals surface area contributed by atoms with Crippen LogP contribution in [0.4, 0.5) is 0 Å². The van der Waals surface area contributed by atoms with E-state index in [9.17, 15) is 4.79 Å². The fourth-order valence-corrected chi connectivity index (χ4v) is 3.37. The maximum atomic E-state index is 12.0. The second-order valence-electron chi connectivity index (χ2n) is 5.46. The number of carbonyl (C=O) groups is 1. The van der Waals surface area contributed by atoms with Crippen LogP contribution in [0.3, 0.4) is 0 Å². The van der Waals surface area contributed by atoms with Crippen molar-refractivity contribution in [3.8, 4) is 0 Å². The van der Waals surface area contributed by atoms with E-state index in [1.165, 1.54) is 19.3 Å². The van der Waals surface area contributed by atoms with E-state index in [1.807, 2.05) is 0 Å². The number of carbonyl (C=O) groups excluding carboxylic acids is 1. The average Bonchev–Trinajstić information content (AvgIpc) is 2.71. The molecule has 2 rings (SSSR count). The van der Waals surface area contributed by atoms with Crippen LogP contribution in [0.2, 0.25) is 0 Å². The van der Waals surface area contributed by atoms with Gasteiger partial charge in [0.05, 0.1) is 6.04 Å². The lowest BCUT2D eigenvalue weighted by Crippen LogP contribution is -2.50. The van der Waals surface area contributed by atoms with Crippen LogP contribution in [0.1, 0.15) is 38.5 Å². The van der Waals surface area contributed by atoms with E-state index in [1.54, 1.807) is 0 Å². The van der Waals surface area contributed by atoms with Gasteiger partial charge in [0.2, 0.25) is 5.91 Å². The van der Waals surface area contributed by atoms with E-state index in [4.69, 9.17) is 5.73 Å². The van der Waals surface area contributed by atoms with Gasteiger partial charge in [-0.1, -0.05) is 6.42 Å². The summed E-state index contributed by atoms with van der Waals surface area (Å²) >= 11 is 0. The topological polar surface area (TPSA) is 58.4 Å². The first kappa shape index (κ1) is 12.8. The first-order valence-corrected chi connectivity index (χ1v) is 6.93. The molecule has 1 heterocycles. The maximum Gasteiger partial charge on any atom is 0.237 e. The normalized spacial score (nSPS) is 34.8. The molecule has 0 aromatic heterocycles. The van der Waals surface area contributed by atoms with Crippen molar-refractivity contribution in [2.75, 3.05) is 20.1 Å². The summed E-state index contributed by atoms with van der Waals surface area (Å²) in [6, 6.07) is 0.573. The maximum absolute atomic E-state index is 12.0. The first-order valence-electron chi connectivity index (χ1n) is 6.93. The Labute approximate surface area is 104 Å². The Kier molecular flexibility index (Phi) is 4.40. The molecule has 1 aliphatic heterocycles. The summed E-state index contributed by atoms with van der Waals surface area (Å²) < 4.78 is 0. The van der Waals surface area contributed by atoms with Crippen molar-refractivity contribution in [2.24, 2.45) is 11.7 Å². The highest BCUT2D eigenvalue weighted by molar-refractivity contribution is 5.81. The third-order valence-electron chi connectivity index (χ3n) is 4.44. The molecule has 98 valence electrons. The van der Waals surface area contributed by atoms with E-state index in [2.05, 4.69) is 17.3 Å². The molecule has 0 bridgehead atoms. The Morgan fingerprint density at radius 2 is 2.12 bits per heavy atom. The number of likely N-dealkylation sites (N-methyl/N-ethyl adjacent to an activating group) is 1. The third-order valence-corrected chi connectivity index (χ3v) is 4.44. The van der Waals surface area contributed by atoms with Crippen molar-refractivity contribution in [2.45, 2.75) is 50.6 Å². The standard InChI is InChI=1S/C13H25N3O/c1-16(11-7-4-5-10(11)9-14)12-6-2-3-8-15-13(12)17/h10-12H,2-9,14H2,1H3,(H,15,17). The van der Waals surface area contributed by atoms with Crippen LogP contribution < -0.4 is 11.1 Å². The summed E-state index contributed by atoms with van der Waals surface area (Å²) in [4.78, 5) is 14.3. The highest BCUT2D eigenvalue weighted by atomic mass is 16.2. The summed E-state index contributed by atoms with van der Waals surface area (Å²) in [5.74, 6) is 0.795. The van der Waals surface area contributed by atoms with Crippen molar-refractivity contribution < 1.29 is 4.79 Å². The Bertz CT molecular complexity index is 269. The van der Waals surface area contributed by atoms with Crippen molar-refractivity contribution in [3.05, 3.63) is 0 Å². The molecule has 4 heteroatoms. The molecule has 3 N–H and O–H groups in total. The molecule has 0 radical (unpaired) electrons. The van der Waals surface area contributed by atoms with Crippen molar-refractivity contribution in [3.63, 3.8) is 0 Å². The minimum atomic E-state index is 0.0645. The van der Waals surface area contributed by atoms with Crippen molar-refractivity contribution >= 4 is 5.91 Å². The molecule has 3 atom stereocenters. The predicted molar refractivity (Wildman–Crippen MR) is 68.6 cm³/mol. The zero-order valence-corrected chi connectivity index (χ0v) is 10.8. The first-order chi connectivity index (χ1) is 8.24. The third kappa shape index (κ3) is 2.80. The summed E-state index contributed by atoms with van der Waals surface area (Å²) in [7, 11) is 2.11. The number of rotatable bonds is 3. The molecule has 3 unspecified atom stereocenters. The molecule has 2 aliphatic rings. The number of amides is 1. The van der Waals surface area contributed by atoms with E-state index in [0.717, 1.165) is 32.4 Å². The van der Waals surface area contributed by atoms with Crippen LogP contribution in [0.15, 0.2) is 0 Å². The molecule has 1 saturated heterocycles. The monoisotopic (exact) mass is 239 g/mol. The lowest BCUT2D eigenvalue weighted by atomic mass is 9.99. The minimum absolute atomic E-state index is 0.0645. The largest absolute Gasteiger partial charge is 0.355 e. The quantitative estimate of drug-likeness (QED) is 0.763. The highest BCUT2D eigenvalue weighted by Crippen LogP contribution is 2.30. The Balaban J connectivity index is 2.01. The molecule has 2 fully saturated rings. The minimum Gasteiger partial charge on any atom is -0.355 e. The van der Waals surface area contributed by atoms with Gasteiger partial charge in [0.15, 0.2) is 0 Å². The highest BCUT2D eigenvalue weighted by Gasteiger charge is 2.35. The Hall–Kier alpha value is -0.610. The second kappa shape index (κ2) is 5.83. The summed E-state index contributed by atoms with van der Waals surface area (Å²) in [5, 5.41) is 3.02. The van der Waals surface area contributed by atoms with Gasteiger partial charge in [-0.05, 0) is 51.6 Å². The number of nitrogens with zero attached hydrogens (tertiary/aromatic N) is 1. The van der Waals surface area contributed by atoms with Crippen LogP contribution >= 0.6 is 0 Å². The molecule has 0 spiro atoms. The van der Waals surface area contributed by atoms with Gasteiger partial charge in [-0.2, -0.15) is 0 Å². The summed E-state index contributed by atoms with van der Waals surface area (Å²) in [6.45, 7) is 1.59. The fourth-order valence-electron chi connectivity index (χ4n) is 3.37. The average molecular weight is 239 g/mol. The van der Waals surface area contributed by atoms with Gasteiger partial charge in [0.1, 0.15) is 0 Å². The van der Waals surface area contributed by atoms with Crippen LogP contribution in [0.25, 0.3) is 0 Å². The smallest absolute Gasteiger partial charge is 0.237 e. The lowest BCUT2D eigenvalue weighted by molar-refractivity contribution is -0.126. The molecular weight excluding hydrogens is 214 g/mol. The van der Waals surface area contributed by atoms with E-state index in [-0.39, 0.29) is 11.9 Å². The fraction of sp³-hybridized carbons (Fsp3) is 0.923. The van der Waals surface area contributed by atoms with E-state index >= 15 is 0 Å². The van der Waals surface area contributed by atoms with E-state index < -0.39 is 0 Å². The van der Waals surface area contributed by atoms with Gasteiger partial charge in [-0.25, -0.2) is 0 Å². The molecule has 1 saturated carbocycles. The molecule has 0 aromatic carbocycles. The van der Waals surface area contributed by atoms with Gasteiger partial charge in [0, 0.05) is 12.6 Å².